The molecule has 10 rings (SSSR count). The third kappa shape index (κ3) is 2.39. The number of cyclic esters (lactones) is 2. The van der Waals surface area contributed by atoms with Crippen LogP contribution in [0.25, 0.3) is 0 Å². The van der Waals surface area contributed by atoms with Gasteiger partial charge in [0.1, 0.15) is 24.4 Å². The topological polar surface area (TPSA) is 125 Å². The van der Waals surface area contributed by atoms with Crippen LogP contribution in [0.15, 0.2) is 35.2 Å². The number of allylic oxidation sites excluding steroid dienone is 1. The van der Waals surface area contributed by atoms with Crippen molar-refractivity contribution < 1.29 is 42.9 Å². The number of ketones is 1. The summed E-state index contributed by atoms with van der Waals surface area (Å²) in [4.78, 5) is 41.7. The Morgan fingerprint density at radius 2 is 1.79 bits per heavy atom. The molecule has 1 aromatic heterocycles. The second kappa shape index (κ2) is 7.77. The van der Waals surface area contributed by atoms with Gasteiger partial charge in [-0.1, -0.05) is 38.3 Å². The van der Waals surface area contributed by atoms with Gasteiger partial charge in [0.15, 0.2) is 11.9 Å². The Balaban J connectivity index is 1.29. The maximum absolute atomic E-state index is 15.3. The zero-order valence-corrected chi connectivity index (χ0v) is 24.1. The zero-order chi connectivity index (χ0) is 28.9. The van der Waals surface area contributed by atoms with E-state index in [1.807, 2.05) is 6.08 Å². The molecule has 9 nitrogen and oxygen atoms in total. The minimum absolute atomic E-state index is 0.0566. The summed E-state index contributed by atoms with van der Waals surface area (Å²) in [5.74, 6) is -1.24. The zero-order valence-electron chi connectivity index (χ0n) is 24.1. The highest BCUT2D eigenvalue weighted by molar-refractivity contribution is 5.97. The van der Waals surface area contributed by atoms with Crippen molar-refractivity contribution in [2.45, 2.75) is 107 Å². The van der Waals surface area contributed by atoms with Gasteiger partial charge in [-0.3, -0.25) is 9.59 Å². The fourth-order valence-electron chi connectivity index (χ4n) is 12.3. The first-order valence-corrected chi connectivity index (χ1v) is 15.8. The SMILES string of the molecule is C[C@@]12CC[C@H]3[C@]45COC(=O)C[C@@H]4O[C@](C)(C4CCCCC4)[C@@]54C=CC[C@]3([C@H](O)C4=O)[C@@]13O[C@@H]3C(=O)O[C@H]2c1ccoc1. The minimum atomic E-state index is -1.38. The van der Waals surface area contributed by atoms with Gasteiger partial charge < -0.3 is 28.5 Å². The maximum atomic E-state index is 15.3. The molecule has 0 aromatic carbocycles. The Morgan fingerprint density at radius 3 is 2.55 bits per heavy atom. The van der Waals surface area contributed by atoms with Gasteiger partial charge in [-0.15, -0.1) is 0 Å². The third-order valence-electron chi connectivity index (χ3n) is 13.9. The summed E-state index contributed by atoms with van der Waals surface area (Å²) in [5, 5.41) is 12.6. The molecular weight excluding hydrogens is 540 g/mol. The largest absolute Gasteiger partial charge is 0.472 e. The summed E-state index contributed by atoms with van der Waals surface area (Å²) in [6, 6.07) is 1.81. The number of epoxide rings is 1. The second-order valence-electron chi connectivity index (χ2n) is 14.8. The van der Waals surface area contributed by atoms with Crippen LogP contribution in [-0.2, 0) is 33.3 Å². The molecule has 3 saturated carbocycles. The molecule has 0 radical (unpaired) electrons. The van der Waals surface area contributed by atoms with Crippen molar-refractivity contribution in [3.05, 3.63) is 36.3 Å². The van der Waals surface area contributed by atoms with Gasteiger partial charge in [0.25, 0.3) is 0 Å². The molecule has 11 atom stereocenters. The Morgan fingerprint density at radius 1 is 0.976 bits per heavy atom. The molecule has 224 valence electrons. The fraction of sp³-hybridized carbons (Fsp3) is 0.727. The highest BCUT2D eigenvalue weighted by atomic mass is 16.7. The lowest BCUT2D eigenvalue weighted by Gasteiger charge is -2.69. The molecule has 4 saturated heterocycles. The van der Waals surface area contributed by atoms with Gasteiger partial charge in [-0.25, -0.2) is 4.79 Å². The third-order valence-corrected chi connectivity index (χ3v) is 13.9. The van der Waals surface area contributed by atoms with Gasteiger partial charge >= 0.3 is 11.9 Å². The molecule has 7 fully saturated rings. The number of furan rings is 1. The van der Waals surface area contributed by atoms with Crippen molar-refractivity contribution in [3.63, 3.8) is 0 Å². The molecule has 1 aromatic rings. The average molecular weight is 579 g/mol. The smallest absolute Gasteiger partial charge is 0.339 e. The van der Waals surface area contributed by atoms with Crippen molar-refractivity contribution in [1.29, 1.82) is 0 Å². The predicted octanol–water partition coefficient (Wildman–Crippen LogP) is 3.98. The van der Waals surface area contributed by atoms with Gasteiger partial charge in [-0.05, 0) is 56.9 Å². The molecule has 42 heavy (non-hydrogen) atoms. The van der Waals surface area contributed by atoms with E-state index in [0.29, 0.717) is 19.3 Å². The first-order chi connectivity index (χ1) is 20.1. The highest BCUT2D eigenvalue weighted by Crippen LogP contribution is 2.84. The van der Waals surface area contributed by atoms with Gasteiger partial charge in [-0.2, -0.15) is 0 Å². The molecule has 0 unspecified atom stereocenters. The Bertz CT molecular complexity index is 1430. The number of esters is 2. The molecule has 5 heterocycles. The van der Waals surface area contributed by atoms with Crippen LogP contribution in [0.3, 0.4) is 0 Å². The lowest BCUT2D eigenvalue weighted by Crippen LogP contribution is -2.79. The quantitative estimate of drug-likeness (QED) is 0.315. The summed E-state index contributed by atoms with van der Waals surface area (Å²) >= 11 is 0. The normalized spacial score (nSPS) is 54.1. The van der Waals surface area contributed by atoms with E-state index < -0.39 is 63.2 Å². The molecule has 4 aliphatic heterocycles. The molecule has 2 bridgehead atoms. The van der Waals surface area contributed by atoms with E-state index in [1.54, 1.807) is 18.6 Å². The Hall–Kier alpha value is -2.49. The molecule has 5 aliphatic carbocycles. The van der Waals surface area contributed by atoms with Crippen LogP contribution in [0.2, 0.25) is 0 Å². The number of hydrogen-bond donors (Lipinski definition) is 1. The van der Waals surface area contributed by atoms with Crippen molar-refractivity contribution in [2.75, 3.05) is 6.61 Å². The van der Waals surface area contributed by atoms with Crippen molar-refractivity contribution >= 4 is 17.7 Å². The summed E-state index contributed by atoms with van der Waals surface area (Å²) in [7, 11) is 0. The standard InChI is InChI=1S/C33H38O9/c1-28-13-9-20-30(33(28)26(42-33)27(37)40-25(28)18-10-14-38-16-18)11-6-12-32(24(36)23(30)35)29(2,19-7-4-3-5-8-19)41-21-15-22(34)39-17-31(20,21)32/h6,10,12,14,16,19-21,23,25-26,35H,3-5,7-9,11,13,15,17H2,1-2H3/t20-,21+,23-,25+,26-,28+,29-,30+,31-,32+,33+/m1/s1. The van der Waals surface area contributed by atoms with Crippen LogP contribution in [0, 0.1) is 33.5 Å². The Kier molecular flexibility index (Phi) is 4.80. The molecule has 4 spiro atoms. The molecule has 1 N–H and O–H groups in total. The number of Topliss-reactive ketones (excluding diaryl/α,β-unsaturated/α-hetero) is 1. The van der Waals surface area contributed by atoms with E-state index in [2.05, 4.69) is 19.9 Å². The van der Waals surface area contributed by atoms with Crippen LogP contribution < -0.4 is 0 Å². The number of hydrogen-bond acceptors (Lipinski definition) is 9. The minimum Gasteiger partial charge on any atom is -0.472 e. The number of fused-ring (bicyclic) bond motifs is 2. The van der Waals surface area contributed by atoms with Crippen molar-refractivity contribution in [2.24, 2.45) is 33.5 Å². The van der Waals surface area contributed by atoms with E-state index in [4.69, 9.17) is 23.4 Å². The van der Waals surface area contributed by atoms with Gasteiger partial charge in [0, 0.05) is 16.4 Å². The summed E-state index contributed by atoms with van der Waals surface area (Å²) < 4.78 is 31.1. The van der Waals surface area contributed by atoms with E-state index in [9.17, 15) is 14.7 Å². The number of carbonyl (C=O) groups excluding carboxylic acids is 3. The molecular formula is C33H38O9. The van der Waals surface area contributed by atoms with Crippen LogP contribution in [0.5, 0.6) is 0 Å². The molecule has 9 aliphatic rings. The first-order valence-electron chi connectivity index (χ1n) is 15.8. The lowest BCUT2D eigenvalue weighted by molar-refractivity contribution is -0.262. The molecule has 9 heteroatoms. The number of aliphatic hydroxyl groups excluding tert-OH is 1. The van der Waals surface area contributed by atoms with Crippen LogP contribution in [0.4, 0.5) is 0 Å². The van der Waals surface area contributed by atoms with Crippen LogP contribution >= 0.6 is 0 Å². The predicted molar refractivity (Wildman–Crippen MR) is 143 cm³/mol. The lowest BCUT2D eigenvalue weighted by atomic mass is 9.32. The number of aliphatic hydroxyl groups is 1. The van der Waals surface area contributed by atoms with Crippen LogP contribution in [-0.4, -0.2) is 58.9 Å². The van der Waals surface area contributed by atoms with Crippen LogP contribution in [0.1, 0.15) is 83.3 Å². The van der Waals surface area contributed by atoms with Gasteiger partial charge in [0.05, 0.1) is 41.5 Å². The highest BCUT2D eigenvalue weighted by Gasteiger charge is 2.94. The van der Waals surface area contributed by atoms with Crippen molar-refractivity contribution in [1.82, 2.24) is 0 Å². The summed E-state index contributed by atoms with van der Waals surface area (Å²) in [5.41, 5.74) is -5.19. The molecule has 0 amide bonds. The van der Waals surface area contributed by atoms with Crippen molar-refractivity contribution in [3.8, 4) is 0 Å². The number of rotatable bonds is 2. The van der Waals surface area contributed by atoms with E-state index in [0.717, 1.165) is 37.7 Å². The maximum Gasteiger partial charge on any atom is 0.339 e. The Labute approximate surface area is 244 Å². The summed E-state index contributed by atoms with van der Waals surface area (Å²) in [6.07, 6.45) is 10.7. The van der Waals surface area contributed by atoms with E-state index >= 15 is 4.79 Å². The van der Waals surface area contributed by atoms with Gasteiger partial charge in [0.2, 0.25) is 0 Å². The average Bonchev–Trinajstić information content (AvgIpc) is 3.54. The summed E-state index contributed by atoms with van der Waals surface area (Å²) in [6.45, 7) is 4.19. The first kappa shape index (κ1) is 26.0. The fourth-order valence-corrected chi connectivity index (χ4v) is 12.3. The van der Waals surface area contributed by atoms with E-state index in [-0.39, 0.29) is 36.6 Å². The number of ether oxygens (including phenoxy) is 4. The second-order valence-corrected chi connectivity index (χ2v) is 14.8. The number of carbonyl (C=O) groups is 3. The van der Waals surface area contributed by atoms with E-state index in [1.165, 1.54) is 0 Å². The monoisotopic (exact) mass is 578 g/mol.